The minimum absolute atomic E-state index is 0.0590. The Morgan fingerprint density at radius 1 is 1.04 bits per heavy atom. The largest absolute Gasteiger partial charge is 0.491 e. The number of pyridine rings is 1. The smallest absolute Gasteiger partial charge is 0.432 e. The highest BCUT2D eigenvalue weighted by Gasteiger charge is 2.72. The number of halogens is 6. The summed E-state index contributed by atoms with van der Waals surface area (Å²) in [6, 6.07) is 6.54. The zero-order chi connectivity index (χ0) is 34.2. The standard InChI is InChI=1S/C30H35F6N5O5/c1-5-6-19-15-23(28(45,29(31,32)33)30(34,35)36)37-16-22(19)39-11-13-40(14-12-39)24(42)17-41-25(43)27(4,38-26(41)44)20-7-9-21(10-8-20)46-18(2)3/h7-10,15-16,18,45H,5-6,11-14,17H2,1-4H3,(H,38,44). The van der Waals surface area contributed by atoms with Crippen molar-refractivity contribution in [1.29, 1.82) is 0 Å². The molecule has 4 amide bonds. The predicted molar refractivity (Wildman–Crippen MR) is 153 cm³/mol. The fourth-order valence-electron chi connectivity index (χ4n) is 5.50. The minimum Gasteiger partial charge on any atom is -0.491 e. The Hall–Kier alpha value is -4.08. The Kier molecular flexibility index (Phi) is 9.53. The van der Waals surface area contributed by atoms with Crippen LogP contribution >= 0.6 is 0 Å². The van der Waals surface area contributed by atoms with E-state index in [1.165, 1.54) is 11.8 Å². The average molecular weight is 660 g/mol. The summed E-state index contributed by atoms with van der Waals surface area (Å²) in [5, 5.41) is 12.5. The summed E-state index contributed by atoms with van der Waals surface area (Å²) in [7, 11) is 0. The Morgan fingerprint density at radius 3 is 2.15 bits per heavy atom. The van der Waals surface area contributed by atoms with E-state index in [4.69, 9.17) is 4.74 Å². The van der Waals surface area contributed by atoms with Gasteiger partial charge in [0.1, 0.15) is 17.8 Å². The van der Waals surface area contributed by atoms with E-state index < -0.39 is 53.6 Å². The van der Waals surface area contributed by atoms with E-state index in [1.807, 2.05) is 13.8 Å². The molecule has 4 rings (SSSR count). The van der Waals surface area contributed by atoms with E-state index in [0.29, 0.717) is 23.8 Å². The Balaban J connectivity index is 1.44. The van der Waals surface area contributed by atoms with Gasteiger partial charge in [0.2, 0.25) is 5.91 Å². The molecule has 10 nitrogen and oxygen atoms in total. The lowest BCUT2D eigenvalue weighted by atomic mass is 9.92. The van der Waals surface area contributed by atoms with E-state index in [2.05, 4.69) is 10.3 Å². The quantitative estimate of drug-likeness (QED) is 0.306. The molecule has 1 aromatic heterocycles. The summed E-state index contributed by atoms with van der Waals surface area (Å²) in [5.41, 5.74) is -7.23. The van der Waals surface area contributed by atoms with Gasteiger partial charge in [0, 0.05) is 26.2 Å². The summed E-state index contributed by atoms with van der Waals surface area (Å²) in [6.45, 7) is 6.92. The molecular formula is C30H35F6N5O5. The molecule has 1 atom stereocenters. The molecule has 46 heavy (non-hydrogen) atoms. The first-order chi connectivity index (χ1) is 21.3. The molecule has 2 aromatic rings. The number of rotatable bonds is 9. The number of aromatic nitrogens is 1. The minimum atomic E-state index is -6.06. The van der Waals surface area contributed by atoms with Crippen LogP contribution in [0.3, 0.4) is 0 Å². The van der Waals surface area contributed by atoms with Crippen molar-refractivity contribution in [1.82, 2.24) is 20.1 Å². The maximum atomic E-state index is 13.4. The van der Waals surface area contributed by atoms with Gasteiger partial charge in [-0.25, -0.2) is 4.79 Å². The summed E-state index contributed by atoms with van der Waals surface area (Å²) in [6.07, 6.45) is -10.8. The maximum Gasteiger partial charge on any atom is 0.432 e. The van der Waals surface area contributed by atoms with E-state index in [1.54, 1.807) is 36.1 Å². The van der Waals surface area contributed by atoms with Gasteiger partial charge < -0.3 is 25.0 Å². The van der Waals surface area contributed by atoms with Crippen LogP contribution in [0.2, 0.25) is 0 Å². The summed E-state index contributed by atoms with van der Waals surface area (Å²) in [4.78, 5) is 46.6. The zero-order valence-electron chi connectivity index (χ0n) is 25.6. The summed E-state index contributed by atoms with van der Waals surface area (Å²) < 4.78 is 86.3. The van der Waals surface area contributed by atoms with Crippen LogP contribution in [0.4, 0.5) is 36.8 Å². The Bertz CT molecular complexity index is 1440. The molecule has 3 heterocycles. The van der Waals surface area contributed by atoms with Crippen molar-refractivity contribution in [2.75, 3.05) is 37.6 Å². The Labute approximate surface area is 261 Å². The highest BCUT2D eigenvalue weighted by molar-refractivity contribution is 6.09. The number of benzene rings is 1. The van der Waals surface area contributed by atoms with Crippen molar-refractivity contribution >= 4 is 23.5 Å². The number of aliphatic hydroxyl groups is 1. The third-order valence-corrected chi connectivity index (χ3v) is 8.02. The first-order valence-corrected chi connectivity index (χ1v) is 14.6. The molecule has 0 radical (unpaired) electrons. The number of piperazine rings is 1. The molecule has 2 aliphatic heterocycles. The number of amides is 4. The molecule has 16 heteroatoms. The van der Waals surface area contributed by atoms with Gasteiger partial charge in [0.15, 0.2) is 0 Å². The van der Waals surface area contributed by atoms with E-state index in [0.717, 1.165) is 11.1 Å². The number of urea groups is 1. The van der Waals surface area contributed by atoms with Crippen LogP contribution in [0.5, 0.6) is 5.75 Å². The molecule has 0 saturated carbocycles. The van der Waals surface area contributed by atoms with Gasteiger partial charge in [-0.2, -0.15) is 26.3 Å². The third kappa shape index (κ3) is 6.44. The molecule has 0 spiro atoms. The molecule has 2 saturated heterocycles. The van der Waals surface area contributed by atoms with Gasteiger partial charge in [-0.15, -0.1) is 0 Å². The van der Waals surface area contributed by atoms with Crippen LogP contribution in [0.25, 0.3) is 0 Å². The molecule has 0 bridgehead atoms. The fraction of sp³-hybridized carbons (Fsp3) is 0.533. The number of aryl methyl sites for hydroxylation is 1. The highest BCUT2D eigenvalue weighted by atomic mass is 19.4. The van der Waals surface area contributed by atoms with Crippen LogP contribution in [-0.4, -0.2) is 88.9 Å². The van der Waals surface area contributed by atoms with E-state index in [-0.39, 0.29) is 50.0 Å². The van der Waals surface area contributed by atoms with E-state index >= 15 is 0 Å². The number of alkyl halides is 6. The molecule has 252 valence electrons. The monoisotopic (exact) mass is 659 g/mol. The normalized spacial score (nSPS) is 19.6. The number of ether oxygens (including phenoxy) is 1. The molecule has 1 unspecified atom stereocenters. The summed E-state index contributed by atoms with van der Waals surface area (Å²) >= 11 is 0. The number of hydrogen-bond acceptors (Lipinski definition) is 7. The number of anilines is 1. The van der Waals surface area contributed by atoms with Crippen molar-refractivity contribution in [2.24, 2.45) is 0 Å². The highest BCUT2D eigenvalue weighted by Crippen LogP contribution is 2.50. The van der Waals surface area contributed by atoms with Crippen LogP contribution < -0.4 is 15.0 Å². The first-order valence-electron chi connectivity index (χ1n) is 14.6. The number of nitrogens with zero attached hydrogens (tertiary/aromatic N) is 4. The number of carbonyl (C=O) groups excluding carboxylic acids is 3. The van der Waals surface area contributed by atoms with Crippen LogP contribution in [-0.2, 0) is 27.1 Å². The average Bonchev–Trinajstić information content (AvgIpc) is 3.19. The van der Waals surface area contributed by atoms with Gasteiger partial charge in [0.25, 0.3) is 11.5 Å². The molecular weight excluding hydrogens is 624 g/mol. The van der Waals surface area contributed by atoms with Crippen molar-refractivity contribution in [2.45, 2.75) is 70.1 Å². The molecule has 2 N–H and O–H groups in total. The van der Waals surface area contributed by atoms with Gasteiger partial charge in [-0.1, -0.05) is 25.5 Å². The molecule has 2 aliphatic rings. The number of carbonyl (C=O) groups is 3. The van der Waals surface area contributed by atoms with Crippen molar-refractivity contribution in [3.05, 3.63) is 53.3 Å². The predicted octanol–water partition coefficient (Wildman–Crippen LogP) is 4.25. The van der Waals surface area contributed by atoms with Crippen molar-refractivity contribution < 1.29 is 50.6 Å². The van der Waals surface area contributed by atoms with Crippen LogP contribution in [0, 0.1) is 0 Å². The number of imide groups is 1. The second-order valence-electron chi connectivity index (χ2n) is 11.7. The zero-order valence-corrected chi connectivity index (χ0v) is 25.6. The van der Waals surface area contributed by atoms with E-state index in [9.17, 15) is 45.8 Å². The van der Waals surface area contributed by atoms with Gasteiger partial charge >= 0.3 is 18.4 Å². The molecule has 0 aliphatic carbocycles. The van der Waals surface area contributed by atoms with Crippen molar-refractivity contribution in [3.63, 3.8) is 0 Å². The number of hydrogen-bond donors (Lipinski definition) is 2. The second kappa shape index (κ2) is 12.6. The third-order valence-electron chi connectivity index (χ3n) is 8.02. The van der Waals surface area contributed by atoms with Gasteiger partial charge in [-0.3, -0.25) is 19.5 Å². The van der Waals surface area contributed by atoms with Gasteiger partial charge in [0.05, 0.1) is 23.7 Å². The lowest BCUT2D eigenvalue weighted by Crippen LogP contribution is -2.54. The number of nitrogens with one attached hydrogen (secondary N) is 1. The topological polar surface area (TPSA) is 115 Å². The lowest BCUT2D eigenvalue weighted by molar-refractivity contribution is -0.377. The van der Waals surface area contributed by atoms with Crippen LogP contribution in [0.1, 0.15) is 50.9 Å². The molecule has 2 fully saturated rings. The lowest BCUT2D eigenvalue weighted by Gasteiger charge is -2.38. The fourth-order valence-corrected chi connectivity index (χ4v) is 5.50. The summed E-state index contributed by atoms with van der Waals surface area (Å²) in [5.74, 6) is -0.547. The second-order valence-corrected chi connectivity index (χ2v) is 11.7. The van der Waals surface area contributed by atoms with Crippen LogP contribution in [0.15, 0.2) is 36.5 Å². The molecule has 1 aromatic carbocycles. The SMILES string of the molecule is CCCc1cc(C(O)(C(F)(F)F)C(F)(F)F)ncc1N1CCN(C(=O)CN2C(=O)NC(C)(c3ccc(OC(C)C)cc3)C2=O)CC1. The first kappa shape index (κ1) is 34.8. The Morgan fingerprint density at radius 2 is 1.63 bits per heavy atom. The van der Waals surface area contributed by atoms with Crippen molar-refractivity contribution in [3.8, 4) is 5.75 Å². The van der Waals surface area contributed by atoms with Gasteiger partial charge in [-0.05, 0) is 56.5 Å². The maximum absolute atomic E-state index is 13.4.